The lowest BCUT2D eigenvalue weighted by Crippen LogP contribution is -2.38. The van der Waals surface area contributed by atoms with E-state index in [1.165, 1.54) is 0 Å². The number of methoxy groups -OCH3 is 1. The minimum Gasteiger partial charge on any atom is -0.497 e. The predicted octanol–water partition coefficient (Wildman–Crippen LogP) is 3.27. The van der Waals surface area contributed by atoms with Crippen molar-refractivity contribution in [3.05, 3.63) is 53.6 Å². The van der Waals surface area contributed by atoms with Gasteiger partial charge < -0.3 is 19.5 Å². The van der Waals surface area contributed by atoms with Gasteiger partial charge in [0.15, 0.2) is 6.10 Å². The molecule has 0 bridgehead atoms. The lowest BCUT2D eigenvalue weighted by molar-refractivity contribution is -0.127. The SMILES string of the molecule is COc1cccc(O[C@@H](C)C(=O)NCCOc2cc(C)ccc2C)c1. The molecule has 0 radical (unpaired) electrons. The molecule has 0 aliphatic carbocycles. The van der Waals surface area contributed by atoms with E-state index in [2.05, 4.69) is 5.32 Å². The Balaban J connectivity index is 1.76. The van der Waals surface area contributed by atoms with Gasteiger partial charge in [-0.2, -0.15) is 0 Å². The quantitative estimate of drug-likeness (QED) is 0.748. The molecule has 0 fully saturated rings. The van der Waals surface area contributed by atoms with Crippen molar-refractivity contribution < 1.29 is 19.0 Å². The first-order chi connectivity index (χ1) is 12.0. The molecule has 0 heterocycles. The molecule has 2 rings (SSSR count). The van der Waals surface area contributed by atoms with Crippen molar-refractivity contribution in [2.45, 2.75) is 26.9 Å². The number of nitrogens with one attached hydrogen (secondary N) is 1. The molecule has 0 saturated carbocycles. The zero-order chi connectivity index (χ0) is 18.2. The molecule has 0 unspecified atom stereocenters. The van der Waals surface area contributed by atoms with Crippen LogP contribution in [0.3, 0.4) is 0 Å². The Bertz CT molecular complexity index is 715. The summed E-state index contributed by atoms with van der Waals surface area (Å²) in [7, 11) is 1.59. The molecule has 2 aromatic rings. The summed E-state index contributed by atoms with van der Waals surface area (Å²) in [6, 6.07) is 13.2. The molecule has 5 heteroatoms. The third-order valence-corrected chi connectivity index (χ3v) is 3.73. The number of benzene rings is 2. The normalized spacial score (nSPS) is 11.5. The molecule has 0 spiro atoms. The van der Waals surface area contributed by atoms with Gasteiger partial charge in [-0.15, -0.1) is 0 Å². The van der Waals surface area contributed by atoms with Crippen molar-refractivity contribution in [2.75, 3.05) is 20.3 Å². The molecule has 1 atom stereocenters. The third kappa shape index (κ3) is 5.71. The number of amides is 1. The molecule has 1 amide bonds. The highest BCUT2D eigenvalue weighted by Crippen LogP contribution is 2.20. The van der Waals surface area contributed by atoms with Gasteiger partial charge in [-0.25, -0.2) is 0 Å². The standard InChI is InChI=1S/C20H25NO4/c1-14-8-9-15(2)19(12-14)24-11-10-21-20(22)16(3)25-18-7-5-6-17(13-18)23-4/h5-9,12-13,16H,10-11H2,1-4H3,(H,21,22)/t16-/m0/s1. The van der Waals surface area contributed by atoms with Crippen LogP contribution in [-0.2, 0) is 4.79 Å². The van der Waals surface area contributed by atoms with Gasteiger partial charge in [0.05, 0.1) is 13.7 Å². The fourth-order valence-corrected chi connectivity index (χ4v) is 2.27. The second-order valence-corrected chi connectivity index (χ2v) is 5.85. The summed E-state index contributed by atoms with van der Waals surface area (Å²) in [6.45, 7) is 6.55. The monoisotopic (exact) mass is 343 g/mol. The van der Waals surface area contributed by atoms with Gasteiger partial charge in [0.1, 0.15) is 23.9 Å². The van der Waals surface area contributed by atoms with Gasteiger partial charge in [-0.3, -0.25) is 4.79 Å². The van der Waals surface area contributed by atoms with E-state index in [0.717, 1.165) is 16.9 Å². The third-order valence-electron chi connectivity index (χ3n) is 3.73. The first-order valence-electron chi connectivity index (χ1n) is 8.28. The van der Waals surface area contributed by atoms with Crippen LogP contribution in [0.2, 0.25) is 0 Å². The van der Waals surface area contributed by atoms with Crippen molar-refractivity contribution >= 4 is 5.91 Å². The molecule has 0 aliphatic heterocycles. The van der Waals surface area contributed by atoms with Crippen LogP contribution in [0.4, 0.5) is 0 Å². The number of hydrogen-bond acceptors (Lipinski definition) is 4. The number of hydrogen-bond donors (Lipinski definition) is 1. The van der Waals surface area contributed by atoms with Crippen LogP contribution in [0.5, 0.6) is 17.2 Å². The Hall–Kier alpha value is -2.69. The minimum atomic E-state index is -0.604. The molecule has 0 aromatic heterocycles. The summed E-state index contributed by atoms with van der Waals surface area (Å²) in [5.41, 5.74) is 2.22. The number of ether oxygens (including phenoxy) is 3. The van der Waals surface area contributed by atoms with E-state index < -0.39 is 6.10 Å². The number of carbonyl (C=O) groups excluding carboxylic acids is 1. The summed E-state index contributed by atoms with van der Waals surface area (Å²) in [6.07, 6.45) is -0.604. The predicted molar refractivity (Wildman–Crippen MR) is 97.5 cm³/mol. The zero-order valence-corrected chi connectivity index (χ0v) is 15.2. The summed E-state index contributed by atoms with van der Waals surface area (Å²) >= 11 is 0. The maximum absolute atomic E-state index is 12.1. The smallest absolute Gasteiger partial charge is 0.260 e. The highest BCUT2D eigenvalue weighted by atomic mass is 16.5. The Labute approximate surface area is 148 Å². The van der Waals surface area contributed by atoms with E-state index in [0.29, 0.717) is 24.7 Å². The van der Waals surface area contributed by atoms with Crippen LogP contribution in [0.1, 0.15) is 18.1 Å². The van der Waals surface area contributed by atoms with Gasteiger partial charge in [0, 0.05) is 6.07 Å². The topological polar surface area (TPSA) is 56.8 Å². The minimum absolute atomic E-state index is 0.188. The second-order valence-electron chi connectivity index (χ2n) is 5.85. The van der Waals surface area contributed by atoms with Crippen LogP contribution in [0.25, 0.3) is 0 Å². The highest BCUT2D eigenvalue weighted by molar-refractivity contribution is 5.80. The lowest BCUT2D eigenvalue weighted by Gasteiger charge is -2.16. The molecule has 0 aliphatic rings. The Kier molecular flexibility index (Phi) is 6.69. The summed E-state index contributed by atoms with van der Waals surface area (Å²) in [4.78, 5) is 12.1. The number of carbonyl (C=O) groups is 1. The van der Waals surface area contributed by atoms with Gasteiger partial charge in [-0.05, 0) is 50.1 Å². The van der Waals surface area contributed by atoms with Gasteiger partial charge in [0.25, 0.3) is 5.91 Å². The average molecular weight is 343 g/mol. The Morgan fingerprint density at radius 2 is 1.88 bits per heavy atom. The molecule has 25 heavy (non-hydrogen) atoms. The largest absolute Gasteiger partial charge is 0.497 e. The van der Waals surface area contributed by atoms with Crippen molar-refractivity contribution in [1.82, 2.24) is 5.32 Å². The van der Waals surface area contributed by atoms with E-state index in [-0.39, 0.29) is 5.91 Å². The van der Waals surface area contributed by atoms with E-state index in [1.807, 2.05) is 44.2 Å². The first kappa shape index (κ1) is 18.6. The first-order valence-corrected chi connectivity index (χ1v) is 8.28. The lowest BCUT2D eigenvalue weighted by atomic mass is 10.1. The van der Waals surface area contributed by atoms with Gasteiger partial charge in [0.2, 0.25) is 0 Å². The Morgan fingerprint density at radius 3 is 2.64 bits per heavy atom. The summed E-state index contributed by atoms with van der Waals surface area (Å²) < 4.78 is 16.5. The molecule has 5 nitrogen and oxygen atoms in total. The van der Waals surface area contributed by atoms with E-state index in [1.54, 1.807) is 26.2 Å². The highest BCUT2D eigenvalue weighted by Gasteiger charge is 2.14. The Morgan fingerprint density at radius 1 is 1.12 bits per heavy atom. The van der Waals surface area contributed by atoms with Crippen molar-refractivity contribution in [2.24, 2.45) is 0 Å². The average Bonchev–Trinajstić information content (AvgIpc) is 2.61. The zero-order valence-electron chi connectivity index (χ0n) is 15.2. The number of aryl methyl sites for hydroxylation is 2. The van der Waals surface area contributed by atoms with E-state index >= 15 is 0 Å². The molecule has 1 N–H and O–H groups in total. The van der Waals surface area contributed by atoms with Crippen molar-refractivity contribution in [3.63, 3.8) is 0 Å². The van der Waals surface area contributed by atoms with Crippen molar-refractivity contribution in [1.29, 1.82) is 0 Å². The van der Waals surface area contributed by atoms with Crippen LogP contribution in [0, 0.1) is 13.8 Å². The van der Waals surface area contributed by atoms with Crippen LogP contribution < -0.4 is 19.5 Å². The fraction of sp³-hybridized carbons (Fsp3) is 0.350. The van der Waals surface area contributed by atoms with Crippen LogP contribution in [-0.4, -0.2) is 32.3 Å². The van der Waals surface area contributed by atoms with E-state index in [4.69, 9.17) is 14.2 Å². The van der Waals surface area contributed by atoms with Crippen LogP contribution in [0.15, 0.2) is 42.5 Å². The van der Waals surface area contributed by atoms with E-state index in [9.17, 15) is 4.79 Å². The van der Waals surface area contributed by atoms with Crippen LogP contribution >= 0.6 is 0 Å². The van der Waals surface area contributed by atoms with Crippen molar-refractivity contribution in [3.8, 4) is 17.2 Å². The maximum atomic E-state index is 12.1. The number of rotatable bonds is 8. The fourth-order valence-electron chi connectivity index (χ4n) is 2.27. The molecular formula is C20H25NO4. The molecule has 2 aromatic carbocycles. The molecule has 134 valence electrons. The summed E-state index contributed by atoms with van der Waals surface area (Å²) in [5.74, 6) is 1.93. The second kappa shape index (κ2) is 8.97. The van der Waals surface area contributed by atoms with Gasteiger partial charge >= 0.3 is 0 Å². The van der Waals surface area contributed by atoms with Gasteiger partial charge in [-0.1, -0.05) is 18.2 Å². The molecule has 0 saturated heterocycles. The summed E-state index contributed by atoms with van der Waals surface area (Å²) in [5, 5.41) is 2.82. The molecular weight excluding hydrogens is 318 g/mol. The maximum Gasteiger partial charge on any atom is 0.260 e.